The molecule has 10 heavy (non-hydrogen) atoms. The average Bonchev–Trinajstić information content (AvgIpc) is 1.94. The molecule has 2 atom stereocenters. The van der Waals surface area contributed by atoms with Gasteiger partial charge in [0, 0.05) is 0 Å². The first kappa shape index (κ1) is 8.06. The molecular formula is C9H18O. The van der Waals surface area contributed by atoms with Crippen LogP contribution < -0.4 is 0 Å². The molecule has 2 unspecified atom stereocenters. The third kappa shape index (κ3) is 2.30. The van der Waals surface area contributed by atoms with E-state index in [4.69, 9.17) is 0 Å². The zero-order valence-electron chi connectivity index (χ0n) is 7.06. The van der Waals surface area contributed by atoms with Crippen LogP contribution in [0.25, 0.3) is 0 Å². The summed E-state index contributed by atoms with van der Waals surface area (Å²) in [6, 6.07) is 0. The molecule has 0 aromatic carbocycles. The van der Waals surface area contributed by atoms with Crippen molar-refractivity contribution in [2.24, 2.45) is 5.92 Å². The first-order valence-electron chi connectivity index (χ1n) is 4.32. The minimum absolute atomic E-state index is 0.356. The van der Waals surface area contributed by atoms with Crippen LogP contribution in [0.15, 0.2) is 0 Å². The van der Waals surface area contributed by atoms with Gasteiger partial charge in [0.1, 0.15) is 0 Å². The molecule has 60 valence electrons. The molecule has 0 heterocycles. The summed E-state index contributed by atoms with van der Waals surface area (Å²) in [5.41, 5.74) is -0.356. The number of hydrogen-bond donors (Lipinski definition) is 1. The molecule has 0 aromatic rings. The van der Waals surface area contributed by atoms with Crippen molar-refractivity contribution in [1.29, 1.82) is 0 Å². The summed E-state index contributed by atoms with van der Waals surface area (Å²) in [4.78, 5) is 0. The summed E-state index contributed by atoms with van der Waals surface area (Å²) >= 11 is 0. The van der Waals surface area contributed by atoms with Crippen LogP contribution in [0.1, 0.15) is 46.0 Å². The largest absolute Gasteiger partial charge is 0.390 e. The summed E-state index contributed by atoms with van der Waals surface area (Å²) in [6.07, 6.45) is 5.70. The normalized spacial score (nSPS) is 42.9. The van der Waals surface area contributed by atoms with Crippen molar-refractivity contribution in [3.63, 3.8) is 0 Å². The number of rotatable bonds is 0. The van der Waals surface area contributed by atoms with Gasteiger partial charge in [0.2, 0.25) is 0 Å². The van der Waals surface area contributed by atoms with Crippen LogP contribution in [0.2, 0.25) is 0 Å². The Kier molecular flexibility index (Phi) is 2.35. The van der Waals surface area contributed by atoms with Crippen molar-refractivity contribution in [3.8, 4) is 0 Å². The molecule has 0 radical (unpaired) electrons. The third-order valence-corrected chi connectivity index (χ3v) is 2.59. The maximum absolute atomic E-state index is 9.67. The van der Waals surface area contributed by atoms with Crippen LogP contribution in [-0.4, -0.2) is 10.7 Å². The second kappa shape index (κ2) is 2.91. The van der Waals surface area contributed by atoms with Gasteiger partial charge in [0.15, 0.2) is 0 Å². The van der Waals surface area contributed by atoms with Gasteiger partial charge in [-0.25, -0.2) is 0 Å². The van der Waals surface area contributed by atoms with Gasteiger partial charge in [-0.2, -0.15) is 0 Å². The summed E-state index contributed by atoms with van der Waals surface area (Å²) in [5.74, 6) is 0.828. The fraction of sp³-hybridized carbons (Fsp3) is 1.00. The molecule has 0 spiro atoms. The lowest BCUT2D eigenvalue weighted by atomic mass is 9.97. The Morgan fingerprint density at radius 1 is 1.30 bits per heavy atom. The van der Waals surface area contributed by atoms with Crippen molar-refractivity contribution >= 4 is 0 Å². The molecule has 1 heteroatoms. The lowest BCUT2D eigenvalue weighted by Crippen LogP contribution is -2.22. The Hall–Kier alpha value is -0.0400. The highest BCUT2D eigenvalue weighted by Gasteiger charge is 2.23. The van der Waals surface area contributed by atoms with E-state index >= 15 is 0 Å². The maximum atomic E-state index is 9.67. The molecule has 1 saturated carbocycles. The second-order valence-electron chi connectivity index (χ2n) is 4.03. The zero-order chi connectivity index (χ0) is 7.61. The molecule has 0 aromatic heterocycles. The van der Waals surface area contributed by atoms with Crippen molar-refractivity contribution in [3.05, 3.63) is 0 Å². The van der Waals surface area contributed by atoms with E-state index in [-0.39, 0.29) is 5.60 Å². The minimum atomic E-state index is -0.356. The van der Waals surface area contributed by atoms with Gasteiger partial charge in [-0.1, -0.05) is 19.8 Å². The van der Waals surface area contributed by atoms with E-state index in [1.54, 1.807) is 0 Å². The van der Waals surface area contributed by atoms with E-state index < -0.39 is 0 Å². The Morgan fingerprint density at radius 2 is 2.00 bits per heavy atom. The van der Waals surface area contributed by atoms with Gasteiger partial charge in [-0.05, 0) is 32.1 Å². The van der Waals surface area contributed by atoms with Crippen molar-refractivity contribution in [2.45, 2.75) is 51.6 Å². The lowest BCUT2D eigenvalue weighted by molar-refractivity contribution is 0.0435. The van der Waals surface area contributed by atoms with Crippen LogP contribution in [0.3, 0.4) is 0 Å². The van der Waals surface area contributed by atoms with Gasteiger partial charge in [-0.3, -0.25) is 0 Å². The van der Waals surface area contributed by atoms with E-state index in [0.29, 0.717) is 0 Å². The van der Waals surface area contributed by atoms with Crippen molar-refractivity contribution < 1.29 is 5.11 Å². The highest BCUT2D eigenvalue weighted by atomic mass is 16.3. The molecule has 1 N–H and O–H groups in total. The van der Waals surface area contributed by atoms with E-state index in [1.165, 1.54) is 19.3 Å². The molecule has 0 aliphatic heterocycles. The Balaban J connectivity index is 2.41. The van der Waals surface area contributed by atoms with E-state index in [9.17, 15) is 5.11 Å². The molecule has 0 bridgehead atoms. The van der Waals surface area contributed by atoms with Gasteiger partial charge >= 0.3 is 0 Å². The molecule has 1 nitrogen and oxygen atoms in total. The summed E-state index contributed by atoms with van der Waals surface area (Å²) in [5, 5.41) is 9.67. The standard InChI is InChI=1S/C9H18O/c1-8-4-3-6-9(2,10)7-5-8/h8,10H,3-7H2,1-2H3. The fourth-order valence-corrected chi connectivity index (χ4v) is 1.66. The van der Waals surface area contributed by atoms with Gasteiger partial charge in [0.05, 0.1) is 5.60 Å². The van der Waals surface area contributed by atoms with Crippen LogP contribution >= 0.6 is 0 Å². The first-order valence-corrected chi connectivity index (χ1v) is 4.32. The maximum Gasteiger partial charge on any atom is 0.0619 e. The molecule has 1 rings (SSSR count). The Morgan fingerprint density at radius 3 is 2.70 bits per heavy atom. The monoisotopic (exact) mass is 142 g/mol. The lowest BCUT2D eigenvalue weighted by Gasteiger charge is -2.19. The number of aliphatic hydroxyl groups is 1. The van der Waals surface area contributed by atoms with Crippen molar-refractivity contribution in [1.82, 2.24) is 0 Å². The molecule has 1 aliphatic carbocycles. The van der Waals surface area contributed by atoms with E-state index in [1.807, 2.05) is 6.92 Å². The second-order valence-corrected chi connectivity index (χ2v) is 4.03. The highest BCUT2D eigenvalue weighted by Crippen LogP contribution is 2.29. The molecular weight excluding hydrogens is 124 g/mol. The number of hydrogen-bond acceptors (Lipinski definition) is 1. The predicted octanol–water partition coefficient (Wildman–Crippen LogP) is 2.34. The SMILES string of the molecule is CC1CCCC(C)(O)CC1. The molecule has 1 aliphatic rings. The van der Waals surface area contributed by atoms with Crippen molar-refractivity contribution in [2.75, 3.05) is 0 Å². The molecule has 1 fully saturated rings. The Labute approximate surface area is 63.4 Å². The fourth-order valence-electron chi connectivity index (χ4n) is 1.66. The zero-order valence-corrected chi connectivity index (χ0v) is 7.06. The molecule has 0 saturated heterocycles. The van der Waals surface area contributed by atoms with Crippen LogP contribution in [0.5, 0.6) is 0 Å². The summed E-state index contributed by atoms with van der Waals surface area (Å²) in [6.45, 7) is 4.24. The smallest absolute Gasteiger partial charge is 0.0619 e. The van der Waals surface area contributed by atoms with Gasteiger partial charge in [-0.15, -0.1) is 0 Å². The van der Waals surface area contributed by atoms with Crippen LogP contribution in [0, 0.1) is 5.92 Å². The quantitative estimate of drug-likeness (QED) is 0.515. The van der Waals surface area contributed by atoms with Gasteiger partial charge < -0.3 is 5.11 Å². The third-order valence-electron chi connectivity index (χ3n) is 2.59. The average molecular weight is 142 g/mol. The van der Waals surface area contributed by atoms with Crippen LogP contribution in [-0.2, 0) is 0 Å². The highest BCUT2D eigenvalue weighted by molar-refractivity contribution is 4.77. The van der Waals surface area contributed by atoms with E-state index in [2.05, 4.69) is 6.92 Å². The minimum Gasteiger partial charge on any atom is -0.390 e. The predicted molar refractivity (Wildman–Crippen MR) is 42.9 cm³/mol. The topological polar surface area (TPSA) is 20.2 Å². The van der Waals surface area contributed by atoms with Crippen LogP contribution in [0.4, 0.5) is 0 Å². The first-order chi connectivity index (χ1) is 4.60. The molecule has 0 amide bonds. The summed E-state index contributed by atoms with van der Waals surface area (Å²) < 4.78 is 0. The van der Waals surface area contributed by atoms with E-state index in [0.717, 1.165) is 18.8 Å². The summed E-state index contributed by atoms with van der Waals surface area (Å²) in [7, 11) is 0. The Bertz CT molecular complexity index is 107. The van der Waals surface area contributed by atoms with Gasteiger partial charge in [0.25, 0.3) is 0 Å².